The van der Waals surface area contributed by atoms with Crippen molar-refractivity contribution in [3.8, 4) is 11.5 Å². The zero-order chi connectivity index (χ0) is 18.8. The van der Waals surface area contributed by atoms with Crippen molar-refractivity contribution in [3.63, 3.8) is 0 Å². The van der Waals surface area contributed by atoms with E-state index in [1.165, 1.54) is 0 Å². The summed E-state index contributed by atoms with van der Waals surface area (Å²) in [6.45, 7) is 2.77. The molecule has 0 radical (unpaired) electrons. The summed E-state index contributed by atoms with van der Waals surface area (Å²) in [7, 11) is 3.29. The van der Waals surface area contributed by atoms with Crippen LogP contribution in [0.3, 0.4) is 0 Å². The molecule has 0 saturated carbocycles. The third-order valence-electron chi connectivity index (χ3n) is 5.76. The molecule has 4 rings (SSSR count). The minimum Gasteiger partial charge on any atom is -0.493 e. The third kappa shape index (κ3) is 3.40. The van der Waals surface area contributed by atoms with E-state index < -0.39 is 0 Å². The molecule has 2 saturated heterocycles. The second kappa shape index (κ2) is 7.62. The number of likely N-dealkylation sites (tertiary alicyclic amines) is 1. The number of methoxy groups -OCH3 is 2. The smallest absolute Gasteiger partial charge is 0.222 e. The Balaban J connectivity index is 1.66. The molecule has 1 amide bonds. The number of fused-ring (bicyclic) bond motifs is 1. The van der Waals surface area contributed by atoms with E-state index in [0.717, 1.165) is 61.9 Å². The van der Waals surface area contributed by atoms with Gasteiger partial charge in [0, 0.05) is 55.4 Å². The van der Waals surface area contributed by atoms with E-state index >= 15 is 0 Å². The molecule has 2 fully saturated rings. The van der Waals surface area contributed by atoms with Crippen LogP contribution in [0.1, 0.15) is 32.1 Å². The number of pyridine rings is 1. The molecular weight excluding hydrogens is 342 g/mol. The van der Waals surface area contributed by atoms with Gasteiger partial charge in [0.2, 0.25) is 5.91 Å². The lowest BCUT2D eigenvalue weighted by Gasteiger charge is -2.42. The molecule has 0 bridgehead atoms. The number of nitrogens with zero attached hydrogens (tertiary/aromatic N) is 3. The van der Waals surface area contributed by atoms with Crippen LogP contribution >= 0.6 is 0 Å². The van der Waals surface area contributed by atoms with Crippen LogP contribution in [-0.2, 0) is 4.79 Å². The first-order valence-electron chi connectivity index (χ1n) is 9.76. The minimum absolute atomic E-state index is 0.301. The van der Waals surface area contributed by atoms with Gasteiger partial charge in [-0.3, -0.25) is 9.78 Å². The molecule has 2 aliphatic rings. The Hall–Kier alpha value is -2.50. The molecule has 0 N–H and O–H groups in total. The van der Waals surface area contributed by atoms with Crippen molar-refractivity contribution in [1.29, 1.82) is 0 Å². The van der Waals surface area contributed by atoms with Gasteiger partial charge in [-0.15, -0.1) is 0 Å². The maximum atomic E-state index is 12.4. The summed E-state index contributed by atoms with van der Waals surface area (Å²) < 4.78 is 10.9. The normalized spacial score (nSPS) is 20.8. The number of carbonyl (C=O) groups is 1. The Kier molecular flexibility index (Phi) is 5.05. The van der Waals surface area contributed by atoms with Gasteiger partial charge >= 0.3 is 0 Å². The fraction of sp³-hybridized carbons (Fsp3) is 0.524. The second-order valence-corrected chi connectivity index (χ2v) is 7.34. The van der Waals surface area contributed by atoms with Crippen molar-refractivity contribution in [3.05, 3.63) is 24.4 Å². The number of carbonyl (C=O) groups excluding carboxylic acids is 1. The number of amides is 1. The summed E-state index contributed by atoms with van der Waals surface area (Å²) in [6, 6.07) is 6.29. The topological polar surface area (TPSA) is 54.9 Å². The average molecular weight is 369 g/mol. The molecule has 2 aromatic rings. The highest BCUT2D eigenvalue weighted by molar-refractivity contribution is 5.94. The summed E-state index contributed by atoms with van der Waals surface area (Å²) in [5, 5.41) is 1.06. The Labute approximate surface area is 160 Å². The molecule has 0 spiro atoms. The van der Waals surface area contributed by atoms with Gasteiger partial charge in [-0.25, -0.2) is 0 Å². The summed E-state index contributed by atoms with van der Waals surface area (Å²) in [4.78, 5) is 21.4. The van der Waals surface area contributed by atoms with Crippen molar-refractivity contribution in [2.75, 3.05) is 38.8 Å². The van der Waals surface area contributed by atoms with Crippen LogP contribution < -0.4 is 14.4 Å². The highest BCUT2D eigenvalue weighted by atomic mass is 16.5. The Morgan fingerprint density at radius 2 is 1.89 bits per heavy atom. The Morgan fingerprint density at radius 3 is 2.67 bits per heavy atom. The summed E-state index contributed by atoms with van der Waals surface area (Å²) >= 11 is 0. The Morgan fingerprint density at radius 1 is 1.07 bits per heavy atom. The third-order valence-corrected chi connectivity index (χ3v) is 5.76. The monoisotopic (exact) mass is 369 g/mol. The highest BCUT2D eigenvalue weighted by Crippen LogP contribution is 2.36. The van der Waals surface area contributed by atoms with Gasteiger partial charge in [0.15, 0.2) is 11.5 Å². The molecule has 6 heteroatoms. The maximum absolute atomic E-state index is 12.4. The molecule has 27 heavy (non-hydrogen) atoms. The van der Waals surface area contributed by atoms with Crippen molar-refractivity contribution in [2.24, 2.45) is 0 Å². The van der Waals surface area contributed by atoms with E-state index in [4.69, 9.17) is 9.47 Å². The van der Waals surface area contributed by atoms with Crippen molar-refractivity contribution >= 4 is 22.5 Å². The highest BCUT2D eigenvalue weighted by Gasteiger charge is 2.30. The molecule has 6 nitrogen and oxygen atoms in total. The number of ether oxygens (including phenoxy) is 2. The van der Waals surface area contributed by atoms with E-state index in [1.807, 2.05) is 18.3 Å². The van der Waals surface area contributed by atoms with Gasteiger partial charge in [-0.2, -0.15) is 0 Å². The Bertz CT molecular complexity index is 839. The molecule has 1 aromatic heterocycles. The fourth-order valence-corrected chi connectivity index (χ4v) is 4.37. The first-order chi connectivity index (χ1) is 13.2. The molecule has 2 aliphatic heterocycles. The van der Waals surface area contributed by atoms with Crippen LogP contribution in [0.5, 0.6) is 11.5 Å². The quantitative estimate of drug-likeness (QED) is 0.828. The van der Waals surface area contributed by atoms with E-state index in [1.54, 1.807) is 14.2 Å². The molecular formula is C21H27N3O3. The fourth-order valence-electron chi connectivity index (χ4n) is 4.37. The van der Waals surface area contributed by atoms with Crippen LogP contribution in [0, 0.1) is 0 Å². The van der Waals surface area contributed by atoms with E-state index in [-0.39, 0.29) is 0 Å². The molecule has 1 atom stereocenters. The van der Waals surface area contributed by atoms with Crippen LogP contribution in [-0.4, -0.2) is 55.7 Å². The lowest BCUT2D eigenvalue weighted by atomic mass is 9.99. The van der Waals surface area contributed by atoms with Crippen molar-refractivity contribution < 1.29 is 14.3 Å². The predicted octanol–water partition coefficient (Wildman–Crippen LogP) is 3.23. The number of hydrogen-bond donors (Lipinski definition) is 0. The van der Waals surface area contributed by atoms with Gasteiger partial charge in [-0.1, -0.05) is 0 Å². The number of rotatable bonds is 4. The van der Waals surface area contributed by atoms with Crippen LogP contribution in [0.25, 0.3) is 10.9 Å². The van der Waals surface area contributed by atoms with E-state index in [2.05, 4.69) is 20.9 Å². The van der Waals surface area contributed by atoms with Gasteiger partial charge in [0.1, 0.15) is 0 Å². The van der Waals surface area contributed by atoms with Crippen molar-refractivity contribution in [2.45, 2.75) is 38.1 Å². The number of aromatic nitrogens is 1. The standard InChI is InChI=1S/C21H27N3O3/c1-26-19-12-16-17(13-20(19)27-2)22-9-8-18(16)23-10-5-6-15(14-23)24-11-4-3-7-21(24)25/h8-9,12-13,15H,3-7,10-11,14H2,1-2H3. The molecule has 3 heterocycles. The van der Waals surface area contributed by atoms with Crippen LogP contribution in [0.15, 0.2) is 24.4 Å². The summed E-state index contributed by atoms with van der Waals surface area (Å²) in [6.07, 6.45) is 6.87. The lowest BCUT2D eigenvalue weighted by Crippen LogP contribution is -2.51. The van der Waals surface area contributed by atoms with E-state index in [9.17, 15) is 4.79 Å². The largest absolute Gasteiger partial charge is 0.493 e. The summed E-state index contributed by atoms with van der Waals surface area (Å²) in [5.41, 5.74) is 2.04. The number of anilines is 1. The first kappa shape index (κ1) is 17.9. The predicted molar refractivity (Wildman–Crippen MR) is 106 cm³/mol. The second-order valence-electron chi connectivity index (χ2n) is 7.34. The molecule has 1 unspecified atom stereocenters. The molecule has 0 aliphatic carbocycles. The minimum atomic E-state index is 0.301. The first-order valence-corrected chi connectivity index (χ1v) is 9.76. The maximum Gasteiger partial charge on any atom is 0.222 e. The lowest BCUT2D eigenvalue weighted by molar-refractivity contribution is -0.135. The van der Waals surface area contributed by atoms with Crippen LogP contribution in [0.2, 0.25) is 0 Å². The zero-order valence-corrected chi connectivity index (χ0v) is 16.1. The SMILES string of the molecule is COc1cc2nccc(N3CCCC(N4CCCCC4=O)C3)c2cc1OC. The van der Waals surface area contributed by atoms with Gasteiger partial charge in [0.25, 0.3) is 0 Å². The van der Waals surface area contributed by atoms with Crippen molar-refractivity contribution in [1.82, 2.24) is 9.88 Å². The number of benzene rings is 1. The van der Waals surface area contributed by atoms with Crippen LogP contribution in [0.4, 0.5) is 5.69 Å². The van der Waals surface area contributed by atoms with Gasteiger partial charge < -0.3 is 19.3 Å². The number of hydrogen-bond acceptors (Lipinski definition) is 5. The summed E-state index contributed by atoms with van der Waals surface area (Å²) in [5.74, 6) is 1.71. The number of piperidine rings is 2. The molecule has 1 aromatic carbocycles. The zero-order valence-electron chi connectivity index (χ0n) is 16.1. The average Bonchev–Trinajstić information content (AvgIpc) is 2.72. The van der Waals surface area contributed by atoms with E-state index in [0.29, 0.717) is 29.9 Å². The van der Waals surface area contributed by atoms with Gasteiger partial charge in [-0.05, 0) is 37.8 Å². The molecule has 144 valence electrons. The van der Waals surface area contributed by atoms with Gasteiger partial charge in [0.05, 0.1) is 19.7 Å².